The maximum Gasteiger partial charge on any atom is 0.472 e. The molecule has 3 amide bonds. The molecule has 3 aliphatic heterocycles. The number of aromatic amines is 3. The minimum atomic E-state index is -5.82. The number of H-pyrrole nitrogens is 3. The molecule has 14 atom stereocenters. The van der Waals surface area contributed by atoms with Gasteiger partial charge in [-0.25, -0.2) is 18.9 Å². The van der Waals surface area contributed by atoms with E-state index in [0.29, 0.717) is 0 Å². The van der Waals surface area contributed by atoms with Gasteiger partial charge in [-0.05, 0) is 0 Å². The SMILES string of the molecule is C.CNC(=O)CCO[C@H]1C(O)[C@@H](COP(=O)([O-])OC2[C@@H](COP(=O)(O)OC3[C@@H](CO)O[C@@H](n4ccc(=O)[nH]c4=O)[C@H]3OCCC(=O)NC)O[C@@H](n3ccc(=O)[nH]c3=O)[C@H]2OCCC(=O)NC)O[C@H]1n1ccc(=O)[nH]c1=O. The first-order valence-electron chi connectivity index (χ1n) is 22.5. The standard InChI is InChI=1S/C39H55N9O25P2.CH4/c1-40-22(50)7-13-64-31-28(56)20(70-34(31)46-10-4-25(53)43-37(46)57)17-67-74(60,61)73-30-21(71-36(33(30)66-15-9-24(52)42-3)48-12-6-27(55)45-39(48)59)18-68-75(62,63)72-29-19(16-49)69-35(32(29)65-14-8-23(51)41-2)47-11-5-26(54)44-38(47)58;/h4-6,10-12,19-21,28-36,49,56H,7-9,13-18H2,1-3H3,(H,40,50)(H,41,51)(H,42,52)(H,60,61)(H,62,63)(H,43,53,57)(H,44,54,58)(H,45,55,59);1H4/p-1/t19-,20-,21-,28?,29?,30?,31+,32+,33+,34-,35-,36-;/m1./s1. The minimum Gasteiger partial charge on any atom is -0.756 e. The van der Waals surface area contributed by atoms with Crippen LogP contribution in [0.5, 0.6) is 0 Å². The number of rotatable bonds is 26. The van der Waals surface area contributed by atoms with E-state index < -0.39 is 174 Å². The van der Waals surface area contributed by atoms with E-state index in [1.165, 1.54) is 21.1 Å². The van der Waals surface area contributed by atoms with Gasteiger partial charge in [-0.2, -0.15) is 0 Å². The molecular formula is C40H58N9O25P2-. The Morgan fingerprint density at radius 1 is 0.605 bits per heavy atom. The van der Waals surface area contributed by atoms with E-state index in [1.807, 2.05) is 15.0 Å². The van der Waals surface area contributed by atoms with Crippen LogP contribution in [-0.2, 0) is 70.0 Å². The zero-order valence-electron chi connectivity index (χ0n) is 39.8. The van der Waals surface area contributed by atoms with Crippen LogP contribution in [0, 0.1) is 0 Å². The summed E-state index contributed by atoms with van der Waals surface area (Å²) in [5, 5.41) is 28.7. The second-order valence-electron chi connectivity index (χ2n) is 16.3. The lowest BCUT2D eigenvalue weighted by molar-refractivity contribution is -0.237. The van der Waals surface area contributed by atoms with Gasteiger partial charge in [0, 0.05) is 77.2 Å². The first kappa shape index (κ1) is 61.2. The molecule has 0 bridgehead atoms. The normalized spacial score (nSPS) is 27.7. The molecule has 6 heterocycles. The number of aliphatic hydroxyl groups is 2. The van der Waals surface area contributed by atoms with Crippen LogP contribution in [0.2, 0.25) is 0 Å². The van der Waals surface area contributed by atoms with Crippen molar-refractivity contribution in [1.29, 1.82) is 0 Å². The van der Waals surface area contributed by atoms with Crippen molar-refractivity contribution in [3.8, 4) is 0 Å². The molecule has 9 N–H and O–H groups in total. The van der Waals surface area contributed by atoms with Crippen molar-refractivity contribution in [1.82, 2.24) is 44.6 Å². The number of aromatic nitrogens is 6. The van der Waals surface area contributed by atoms with Crippen LogP contribution in [0.25, 0.3) is 0 Å². The topological polar surface area (TPSA) is 462 Å². The second kappa shape index (κ2) is 27.1. The highest BCUT2D eigenvalue weighted by Gasteiger charge is 2.54. The molecule has 0 spiro atoms. The molecule has 5 unspecified atom stereocenters. The lowest BCUT2D eigenvalue weighted by Crippen LogP contribution is -2.42. The third kappa shape index (κ3) is 15.5. The Labute approximate surface area is 427 Å². The number of ether oxygens (including phenoxy) is 6. The number of hydrogen-bond acceptors (Lipinski definition) is 24. The molecule has 3 saturated heterocycles. The Balaban J connectivity index is 0.0000107. The van der Waals surface area contributed by atoms with Crippen LogP contribution in [0.15, 0.2) is 65.6 Å². The van der Waals surface area contributed by atoms with Crippen molar-refractivity contribution < 1.29 is 90.0 Å². The van der Waals surface area contributed by atoms with Gasteiger partial charge in [0.15, 0.2) is 18.7 Å². The molecule has 0 aliphatic carbocycles. The van der Waals surface area contributed by atoms with Gasteiger partial charge >= 0.3 is 24.9 Å². The molecule has 3 aromatic rings. The molecule has 3 fully saturated rings. The van der Waals surface area contributed by atoms with Gasteiger partial charge < -0.3 is 73.4 Å². The Kier molecular flexibility index (Phi) is 21.8. The number of aliphatic hydroxyl groups excluding tert-OH is 2. The van der Waals surface area contributed by atoms with Crippen molar-refractivity contribution in [3.63, 3.8) is 0 Å². The van der Waals surface area contributed by atoms with E-state index in [1.54, 1.807) is 0 Å². The van der Waals surface area contributed by atoms with Crippen molar-refractivity contribution in [2.75, 3.05) is 60.8 Å². The fourth-order valence-electron chi connectivity index (χ4n) is 7.83. The zero-order chi connectivity index (χ0) is 54.8. The summed E-state index contributed by atoms with van der Waals surface area (Å²) in [6.45, 7) is -4.50. The molecule has 6 rings (SSSR count). The van der Waals surface area contributed by atoms with Crippen molar-refractivity contribution in [2.24, 2.45) is 0 Å². The van der Waals surface area contributed by atoms with Gasteiger partial charge in [0.25, 0.3) is 24.5 Å². The summed E-state index contributed by atoms with van der Waals surface area (Å²) in [5.74, 6) is -1.55. The number of amides is 3. The van der Waals surface area contributed by atoms with Gasteiger partial charge in [0.2, 0.25) is 17.7 Å². The van der Waals surface area contributed by atoms with Crippen LogP contribution >= 0.6 is 15.6 Å². The van der Waals surface area contributed by atoms with E-state index in [0.717, 1.165) is 50.5 Å². The number of carbonyl (C=O) groups is 3. The largest absolute Gasteiger partial charge is 0.756 e. The molecule has 36 heteroatoms. The smallest absolute Gasteiger partial charge is 0.472 e. The van der Waals surface area contributed by atoms with Gasteiger partial charge in [-0.3, -0.25) is 71.0 Å². The third-order valence-electron chi connectivity index (χ3n) is 11.5. The first-order chi connectivity index (χ1) is 35.6. The second-order valence-corrected chi connectivity index (χ2v) is 19.1. The number of phosphoric acid groups is 2. The number of carbonyl (C=O) groups excluding carboxylic acids is 3. The monoisotopic (exact) mass is 1130 g/mol. The fourth-order valence-corrected chi connectivity index (χ4v) is 9.74. The minimum absolute atomic E-state index is 0. The molecule has 0 radical (unpaired) electrons. The molecule has 3 aromatic heterocycles. The summed E-state index contributed by atoms with van der Waals surface area (Å²) >= 11 is 0. The van der Waals surface area contributed by atoms with Crippen LogP contribution in [0.4, 0.5) is 0 Å². The van der Waals surface area contributed by atoms with E-state index >= 15 is 0 Å². The highest BCUT2D eigenvalue weighted by molar-refractivity contribution is 7.47. The van der Waals surface area contributed by atoms with Crippen LogP contribution < -0.4 is 54.6 Å². The van der Waals surface area contributed by atoms with Crippen molar-refractivity contribution in [2.45, 2.75) is 100 Å². The summed E-state index contributed by atoms with van der Waals surface area (Å²) in [6.07, 6.45) is -18.6. The Morgan fingerprint density at radius 3 is 1.38 bits per heavy atom. The van der Waals surface area contributed by atoms with Gasteiger partial charge in [0.1, 0.15) is 54.9 Å². The van der Waals surface area contributed by atoms with E-state index in [-0.39, 0.29) is 33.3 Å². The first-order valence-corrected chi connectivity index (χ1v) is 25.5. The summed E-state index contributed by atoms with van der Waals surface area (Å²) in [6, 6.07) is 2.77. The van der Waals surface area contributed by atoms with E-state index in [9.17, 15) is 72.3 Å². The Morgan fingerprint density at radius 2 is 0.974 bits per heavy atom. The average Bonchev–Trinajstić information content (AvgIpc) is 3.98. The van der Waals surface area contributed by atoms with Gasteiger partial charge in [-0.15, -0.1) is 0 Å². The summed E-state index contributed by atoms with van der Waals surface area (Å²) in [5.41, 5.74) is -5.67. The molecule has 424 valence electrons. The van der Waals surface area contributed by atoms with E-state index in [4.69, 9.17) is 46.5 Å². The van der Waals surface area contributed by atoms with Crippen LogP contribution in [0.1, 0.15) is 45.4 Å². The Bertz CT molecular complexity index is 2940. The van der Waals surface area contributed by atoms with Crippen LogP contribution in [0.3, 0.4) is 0 Å². The summed E-state index contributed by atoms with van der Waals surface area (Å²) in [7, 11) is -7.38. The molecule has 0 aromatic carbocycles. The molecule has 76 heavy (non-hydrogen) atoms. The molecule has 34 nitrogen and oxygen atoms in total. The predicted octanol–water partition coefficient (Wildman–Crippen LogP) is -5.75. The van der Waals surface area contributed by atoms with Gasteiger partial charge in [0.05, 0.1) is 39.6 Å². The maximum atomic E-state index is 13.9. The number of phosphoric ester groups is 2. The number of nitrogens with one attached hydrogen (secondary N) is 6. The fraction of sp³-hybridized carbons (Fsp3) is 0.625. The maximum absolute atomic E-state index is 13.9. The quantitative estimate of drug-likeness (QED) is 0.0338. The molecule has 0 saturated carbocycles. The van der Waals surface area contributed by atoms with Crippen molar-refractivity contribution in [3.05, 3.63) is 99.3 Å². The third-order valence-corrected chi connectivity index (χ3v) is 13.5. The summed E-state index contributed by atoms with van der Waals surface area (Å²) in [4.78, 5) is 142. The average molecular weight is 1130 g/mol. The highest BCUT2D eigenvalue weighted by atomic mass is 31.2. The zero-order valence-corrected chi connectivity index (χ0v) is 41.6. The molecular weight excluding hydrogens is 1070 g/mol. The van der Waals surface area contributed by atoms with Crippen molar-refractivity contribution >= 4 is 33.4 Å². The Hall–Kier alpha value is -5.65. The number of nitrogens with zero attached hydrogens (tertiary/aromatic N) is 3. The predicted molar refractivity (Wildman–Crippen MR) is 250 cm³/mol. The van der Waals surface area contributed by atoms with E-state index in [2.05, 4.69) is 16.0 Å². The lowest BCUT2D eigenvalue weighted by Gasteiger charge is -2.32. The number of hydrogen-bond donors (Lipinski definition) is 9. The molecule has 3 aliphatic rings. The van der Waals surface area contributed by atoms with Gasteiger partial charge in [-0.1, -0.05) is 7.43 Å². The lowest BCUT2D eigenvalue weighted by atomic mass is 10.1. The summed E-state index contributed by atoms with van der Waals surface area (Å²) < 4.78 is 86.5. The van der Waals surface area contributed by atoms with Crippen LogP contribution in [-0.4, -0.2) is 177 Å². The highest BCUT2D eigenvalue weighted by Crippen LogP contribution is 2.51.